The second kappa shape index (κ2) is 9.28. The van der Waals surface area contributed by atoms with E-state index in [1.807, 2.05) is 0 Å². The molecule has 0 N–H and O–H groups in total. The zero-order chi connectivity index (χ0) is 14.9. The molecular formula is C21H34. The van der Waals surface area contributed by atoms with Gasteiger partial charge in [0.2, 0.25) is 0 Å². The molecule has 0 heterocycles. The molecule has 2 rings (SSSR count). The van der Waals surface area contributed by atoms with E-state index >= 15 is 0 Å². The second-order valence-electron chi connectivity index (χ2n) is 7.33. The average Bonchev–Trinajstić information content (AvgIpc) is 2.54. The first-order valence-electron chi connectivity index (χ1n) is 9.22. The summed E-state index contributed by atoms with van der Waals surface area (Å²) in [7, 11) is 0. The van der Waals surface area contributed by atoms with Gasteiger partial charge in [0.1, 0.15) is 0 Å². The third-order valence-electron chi connectivity index (χ3n) is 5.77. The number of hydrogen-bond donors (Lipinski definition) is 0. The first-order valence-corrected chi connectivity index (χ1v) is 9.22. The van der Waals surface area contributed by atoms with E-state index in [4.69, 9.17) is 0 Å². The molecule has 0 atom stereocenters. The second-order valence-corrected chi connectivity index (χ2v) is 7.33. The Morgan fingerprint density at radius 1 is 0.762 bits per heavy atom. The van der Waals surface area contributed by atoms with Gasteiger partial charge >= 0.3 is 0 Å². The van der Waals surface area contributed by atoms with Gasteiger partial charge in [0.05, 0.1) is 0 Å². The van der Waals surface area contributed by atoms with Crippen LogP contribution in [0.25, 0.3) is 0 Å². The Labute approximate surface area is 132 Å². The van der Waals surface area contributed by atoms with Crippen LogP contribution in [-0.2, 0) is 0 Å². The van der Waals surface area contributed by atoms with Crippen LogP contribution < -0.4 is 0 Å². The van der Waals surface area contributed by atoms with Crippen LogP contribution in [0.15, 0.2) is 37.5 Å². The van der Waals surface area contributed by atoms with E-state index < -0.39 is 0 Å². The third kappa shape index (κ3) is 5.85. The molecule has 0 aromatic rings. The van der Waals surface area contributed by atoms with E-state index in [1.54, 1.807) is 0 Å². The van der Waals surface area contributed by atoms with E-state index in [2.05, 4.69) is 37.5 Å². The molecule has 0 radical (unpaired) electrons. The van der Waals surface area contributed by atoms with Crippen LogP contribution in [0.5, 0.6) is 0 Å². The van der Waals surface area contributed by atoms with E-state index in [0.717, 1.165) is 23.7 Å². The van der Waals surface area contributed by atoms with Crippen molar-refractivity contribution in [2.75, 3.05) is 0 Å². The van der Waals surface area contributed by atoms with Crippen molar-refractivity contribution in [3.05, 3.63) is 37.5 Å². The highest BCUT2D eigenvalue weighted by Crippen LogP contribution is 2.34. The average molecular weight is 287 g/mol. The summed E-state index contributed by atoms with van der Waals surface area (Å²) in [6, 6.07) is 0. The minimum atomic E-state index is 0.792. The van der Waals surface area contributed by atoms with Gasteiger partial charge in [-0.25, -0.2) is 0 Å². The summed E-state index contributed by atoms with van der Waals surface area (Å²) in [5.41, 5.74) is 0. The molecule has 21 heavy (non-hydrogen) atoms. The van der Waals surface area contributed by atoms with Gasteiger partial charge in [0.25, 0.3) is 0 Å². The smallest absolute Gasteiger partial charge is 0.0233 e. The summed E-state index contributed by atoms with van der Waals surface area (Å²) in [5, 5.41) is 0. The Morgan fingerprint density at radius 2 is 1.38 bits per heavy atom. The molecular weight excluding hydrogens is 252 g/mol. The van der Waals surface area contributed by atoms with Crippen LogP contribution in [0.4, 0.5) is 0 Å². The summed E-state index contributed by atoms with van der Waals surface area (Å²) < 4.78 is 0. The Balaban J connectivity index is 1.56. The lowest BCUT2D eigenvalue weighted by Gasteiger charge is -2.27. The standard InChI is InChI=1S/C21H34/c1-3-7-19-14-16-21(17-15-19)9-6-5-8-20-12-10-18(4-2)11-13-20/h3-5,8,18-21H,1-2,6-7,9-17H2/b8-5+/t18-,19-,20-,21-. The lowest BCUT2D eigenvalue weighted by Crippen LogP contribution is -2.14. The minimum Gasteiger partial charge on any atom is -0.103 e. The van der Waals surface area contributed by atoms with Gasteiger partial charge in [-0.1, -0.05) is 37.1 Å². The highest BCUT2D eigenvalue weighted by atomic mass is 14.3. The van der Waals surface area contributed by atoms with Crippen molar-refractivity contribution in [2.24, 2.45) is 23.7 Å². The van der Waals surface area contributed by atoms with Crippen molar-refractivity contribution in [3.63, 3.8) is 0 Å². The number of allylic oxidation sites excluding steroid dienone is 4. The Kier molecular flexibility index (Phi) is 7.33. The molecule has 2 saturated carbocycles. The first kappa shape index (κ1) is 16.6. The molecule has 2 aliphatic carbocycles. The van der Waals surface area contributed by atoms with Gasteiger partial charge in [-0.05, 0) is 81.5 Å². The normalized spacial score (nSPS) is 33.9. The fourth-order valence-corrected chi connectivity index (χ4v) is 4.19. The van der Waals surface area contributed by atoms with Crippen LogP contribution in [0.1, 0.15) is 70.6 Å². The van der Waals surface area contributed by atoms with E-state index in [9.17, 15) is 0 Å². The predicted octanol–water partition coefficient (Wildman–Crippen LogP) is 6.70. The van der Waals surface area contributed by atoms with Gasteiger partial charge < -0.3 is 0 Å². The van der Waals surface area contributed by atoms with E-state index in [0.29, 0.717) is 0 Å². The molecule has 0 aromatic heterocycles. The molecule has 0 saturated heterocycles. The molecule has 118 valence electrons. The number of rotatable bonds is 7. The quantitative estimate of drug-likeness (QED) is 0.457. The van der Waals surface area contributed by atoms with Crippen LogP contribution in [0, 0.1) is 23.7 Å². The van der Waals surface area contributed by atoms with Crippen molar-refractivity contribution in [2.45, 2.75) is 70.6 Å². The fraction of sp³-hybridized carbons (Fsp3) is 0.714. The number of hydrogen-bond acceptors (Lipinski definition) is 0. The predicted molar refractivity (Wildman–Crippen MR) is 94.3 cm³/mol. The van der Waals surface area contributed by atoms with Crippen molar-refractivity contribution in [1.82, 2.24) is 0 Å². The molecule has 0 amide bonds. The van der Waals surface area contributed by atoms with E-state index in [-0.39, 0.29) is 0 Å². The SMILES string of the molecule is C=CC[C@H]1CC[C@H](CC/C=C/[C@H]2CC[C@H](C=C)CC2)CC1. The molecule has 0 spiro atoms. The van der Waals surface area contributed by atoms with Crippen molar-refractivity contribution < 1.29 is 0 Å². The van der Waals surface area contributed by atoms with Gasteiger partial charge in [-0.3, -0.25) is 0 Å². The topological polar surface area (TPSA) is 0 Å². The van der Waals surface area contributed by atoms with Gasteiger partial charge in [0, 0.05) is 0 Å². The van der Waals surface area contributed by atoms with E-state index in [1.165, 1.54) is 70.6 Å². The summed E-state index contributed by atoms with van der Waals surface area (Å²) in [4.78, 5) is 0. The molecule has 0 heteroatoms. The zero-order valence-electron chi connectivity index (χ0n) is 13.8. The van der Waals surface area contributed by atoms with Gasteiger partial charge in [-0.2, -0.15) is 0 Å². The van der Waals surface area contributed by atoms with Gasteiger partial charge in [0.15, 0.2) is 0 Å². The molecule has 0 bridgehead atoms. The lowest BCUT2D eigenvalue weighted by molar-refractivity contribution is 0.266. The molecule has 0 unspecified atom stereocenters. The maximum atomic E-state index is 3.93. The maximum Gasteiger partial charge on any atom is -0.0233 e. The Hall–Kier alpha value is -0.780. The highest BCUT2D eigenvalue weighted by molar-refractivity contribution is 4.94. The molecule has 0 aliphatic heterocycles. The largest absolute Gasteiger partial charge is 0.103 e. The summed E-state index contributed by atoms with van der Waals surface area (Å²) in [5.74, 6) is 3.58. The Bertz CT molecular complexity index is 322. The molecule has 2 aliphatic rings. The van der Waals surface area contributed by atoms with Crippen LogP contribution in [0.3, 0.4) is 0 Å². The molecule has 2 fully saturated rings. The third-order valence-corrected chi connectivity index (χ3v) is 5.77. The van der Waals surface area contributed by atoms with Crippen LogP contribution in [-0.4, -0.2) is 0 Å². The van der Waals surface area contributed by atoms with Crippen molar-refractivity contribution in [1.29, 1.82) is 0 Å². The zero-order valence-corrected chi connectivity index (χ0v) is 13.8. The van der Waals surface area contributed by atoms with Crippen LogP contribution >= 0.6 is 0 Å². The minimum absolute atomic E-state index is 0.792. The first-order chi connectivity index (χ1) is 10.3. The maximum absolute atomic E-state index is 3.93. The molecule has 0 nitrogen and oxygen atoms in total. The molecule has 0 aromatic carbocycles. The van der Waals surface area contributed by atoms with Gasteiger partial charge in [-0.15, -0.1) is 13.2 Å². The summed E-state index contributed by atoms with van der Waals surface area (Å²) >= 11 is 0. The monoisotopic (exact) mass is 286 g/mol. The summed E-state index contributed by atoms with van der Waals surface area (Å²) in [6.45, 7) is 7.80. The summed E-state index contributed by atoms with van der Waals surface area (Å²) in [6.07, 6.45) is 24.5. The fourth-order valence-electron chi connectivity index (χ4n) is 4.19. The highest BCUT2D eigenvalue weighted by Gasteiger charge is 2.20. The Morgan fingerprint density at radius 3 is 2.00 bits per heavy atom. The lowest BCUT2D eigenvalue weighted by atomic mass is 9.78. The van der Waals surface area contributed by atoms with Crippen LogP contribution in [0.2, 0.25) is 0 Å². The van der Waals surface area contributed by atoms with Crippen molar-refractivity contribution >= 4 is 0 Å². The van der Waals surface area contributed by atoms with Crippen molar-refractivity contribution in [3.8, 4) is 0 Å².